The van der Waals surface area contributed by atoms with E-state index in [-0.39, 0.29) is 22.9 Å². The van der Waals surface area contributed by atoms with E-state index in [1.165, 1.54) is 0 Å². The highest BCUT2D eigenvalue weighted by atomic mass is 16.5. The minimum atomic E-state index is 0.00907. The van der Waals surface area contributed by atoms with E-state index in [4.69, 9.17) is 9.47 Å². The van der Waals surface area contributed by atoms with Crippen molar-refractivity contribution in [1.29, 1.82) is 0 Å². The third kappa shape index (κ3) is 1.81. The molecular formula is C19H28O3. The number of cyclic esters (lactones) is 1. The summed E-state index contributed by atoms with van der Waals surface area (Å²) in [5.41, 5.74) is 0.317. The van der Waals surface area contributed by atoms with E-state index in [1.807, 2.05) is 0 Å². The maximum Gasteiger partial charge on any atom is 0.306 e. The summed E-state index contributed by atoms with van der Waals surface area (Å²) in [7, 11) is 0. The highest BCUT2D eigenvalue weighted by Gasteiger charge is 2.64. The van der Waals surface area contributed by atoms with E-state index in [0.717, 1.165) is 19.4 Å². The van der Waals surface area contributed by atoms with Crippen LogP contribution < -0.4 is 0 Å². The third-order valence-electron chi connectivity index (χ3n) is 7.06. The normalized spacial score (nSPS) is 53.1. The van der Waals surface area contributed by atoms with Crippen LogP contribution in [0.5, 0.6) is 0 Å². The second kappa shape index (κ2) is 4.59. The average Bonchev–Trinajstić information content (AvgIpc) is 2.78. The molecule has 0 bridgehead atoms. The molecule has 0 spiro atoms. The first-order valence-electron chi connectivity index (χ1n) is 8.84. The van der Waals surface area contributed by atoms with Gasteiger partial charge in [0.05, 0.1) is 12.7 Å². The van der Waals surface area contributed by atoms with Crippen molar-refractivity contribution in [2.45, 2.75) is 59.2 Å². The lowest BCUT2D eigenvalue weighted by Gasteiger charge is -2.59. The summed E-state index contributed by atoms with van der Waals surface area (Å²) in [4.78, 5) is 12.2. The average molecular weight is 304 g/mol. The van der Waals surface area contributed by atoms with Crippen LogP contribution >= 0.6 is 0 Å². The lowest BCUT2D eigenvalue weighted by atomic mass is 9.46. The zero-order chi connectivity index (χ0) is 15.7. The van der Waals surface area contributed by atoms with Crippen molar-refractivity contribution in [2.24, 2.45) is 34.5 Å². The third-order valence-corrected chi connectivity index (χ3v) is 7.06. The topological polar surface area (TPSA) is 35.5 Å². The van der Waals surface area contributed by atoms with E-state index >= 15 is 0 Å². The Labute approximate surface area is 133 Å². The molecule has 0 N–H and O–H groups in total. The number of fused-ring (bicyclic) bond motifs is 2. The van der Waals surface area contributed by atoms with Crippen molar-refractivity contribution in [3.05, 3.63) is 12.2 Å². The van der Waals surface area contributed by atoms with Gasteiger partial charge in [0, 0.05) is 23.7 Å². The van der Waals surface area contributed by atoms with Crippen LogP contribution in [-0.4, -0.2) is 24.8 Å². The Morgan fingerprint density at radius 1 is 1.32 bits per heavy atom. The fourth-order valence-electron chi connectivity index (χ4n) is 6.29. The van der Waals surface area contributed by atoms with E-state index in [1.54, 1.807) is 0 Å². The molecule has 122 valence electrons. The molecule has 0 aromatic carbocycles. The van der Waals surface area contributed by atoms with Crippen LogP contribution in [0.4, 0.5) is 0 Å². The van der Waals surface area contributed by atoms with Gasteiger partial charge in [-0.3, -0.25) is 4.79 Å². The van der Waals surface area contributed by atoms with Crippen LogP contribution in [0.25, 0.3) is 0 Å². The SMILES string of the molecule is CC(C)[C@H]1OC(=O)C[C@H]2[C@H]1C[C@H]1OC[C@@]3(C)C=CC[C@@]2(C)[C@@H]13. The molecule has 0 amide bonds. The van der Waals surface area contributed by atoms with Gasteiger partial charge in [0.15, 0.2) is 0 Å². The van der Waals surface area contributed by atoms with Gasteiger partial charge < -0.3 is 9.47 Å². The fraction of sp³-hybridized carbons (Fsp3) is 0.842. The van der Waals surface area contributed by atoms with Crippen molar-refractivity contribution in [3.8, 4) is 0 Å². The molecule has 2 saturated heterocycles. The zero-order valence-electron chi connectivity index (χ0n) is 14.2. The lowest BCUT2D eigenvalue weighted by molar-refractivity contribution is -0.192. The predicted molar refractivity (Wildman–Crippen MR) is 84.1 cm³/mol. The van der Waals surface area contributed by atoms with Crippen molar-refractivity contribution >= 4 is 5.97 Å². The van der Waals surface area contributed by atoms with E-state index < -0.39 is 0 Å². The summed E-state index contributed by atoms with van der Waals surface area (Å²) in [5.74, 6) is 1.83. The minimum absolute atomic E-state index is 0.00907. The second-order valence-electron chi connectivity index (χ2n) is 8.85. The molecule has 0 aromatic rings. The standard InChI is InChI=1S/C19H28O3/c1-11(2)16-12-8-14-17-18(3,10-21-14)6-5-7-19(17,4)13(12)9-15(20)22-16/h5-6,11-14,16-17H,7-10H2,1-4H3/t12-,13+,14-,16-,17+,18-,19-/m1/s1. The molecule has 0 radical (unpaired) electrons. The van der Waals surface area contributed by atoms with E-state index in [9.17, 15) is 4.79 Å². The Morgan fingerprint density at radius 2 is 2.09 bits per heavy atom. The first kappa shape index (κ1) is 14.7. The molecule has 2 aliphatic carbocycles. The van der Waals surface area contributed by atoms with E-state index in [0.29, 0.717) is 36.2 Å². The molecule has 4 rings (SSSR count). The number of carbonyl (C=O) groups excluding carboxylic acids is 1. The Hall–Kier alpha value is -0.830. The number of esters is 1. The maximum atomic E-state index is 12.2. The smallest absolute Gasteiger partial charge is 0.306 e. The highest BCUT2D eigenvalue weighted by Crippen LogP contribution is 2.64. The van der Waals surface area contributed by atoms with Crippen LogP contribution in [0.15, 0.2) is 12.2 Å². The Balaban J connectivity index is 1.77. The van der Waals surface area contributed by atoms with Gasteiger partial charge in [0.25, 0.3) is 0 Å². The summed E-state index contributed by atoms with van der Waals surface area (Å²) in [6.07, 6.45) is 7.84. The van der Waals surface area contributed by atoms with Gasteiger partial charge in [0.1, 0.15) is 6.10 Å². The van der Waals surface area contributed by atoms with Gasteiger partial charge in [0.2, 0.25) is 0 Å². The Morgan fingerprint density at radius 3 is 2.82 bits per heavy atom. The summed E-state index contributed by atoms with van der Waals surface area (Å²) in [5, 5.41) is 0. The molecule has 3 fully saturated rings. The number of carbonyl (C=O) groups is 1. The largest absolute Gasteiger partial charge is 0.462 e. The molecular weight excluding hydrogens is 276 g/mol. The number of rotatable bonds is 1. The van der Waals surface area contributed by atoms with Crippen molar-refractivity contribution < 1.29 is 14.3 Å². The molecule has 3 nitrogen and oxygen atoms in total. The number of hydrogen-bond donors (Lipinski definition) is 0. The molecule has 2 heterocycles. The van der Waals surface area contributed by atoms with Gasteiger partial charge >= 0.3 is 5.97 Å². The molecule has 4 aliphatic rings. The second-order valence-corrected chi connectivity index (χ2v) is 8.85. The Kier molecular flexibility index (Phi) is 3.08. The number of ether oxygens (including phenoxy) is 2. The first-order chi connectivity index (χ1) is 10.3. The summed E-state index contributed by atoms with van der Waals surface area (Å²) in [6, 6.07) is 0. The molecule has 1 saturated carbocycles. The Bertz CT molecular complexity index is 525. The van der Waals surface area contributed by atoms with Crippen LogP contribution in [0.1, 0.15) is 47.0 Å². The van der Waals surface area contributed by atoms with Crippen molar-refractivity contribution in [2.75, 3.05) is 6.61 Å². The van der Waals surface area contributed by atoms with Crippen LogP contribution in [0.2, 0.25) is 0 Å². The molecule has 2 aliphatic heterocycles. The molecule has 0 aromatic heterocycles. The van der Waals surface area contributed by atoms with Crippen LogP contribution in [0.3, 0.4) is 0 Å². The lowest BCUT2D eigenvalue weighted by Crippen LogP contribution is -2.59. The quantitative estimate of drug-likeness (QED) is 0.548. The molecule has 22 heavy (non-hydrogen) atoms. The van der Waals surface area contributed by atoms with Crippen LogP contribution in [-0.2, 0) is 14.3 Å². The van der Waals surface area contributed by atoms with Gasteiger partial charge in [-0.1, -0.05) is 39.8 Å². The molecule has 0 unspecified atom stereocenters. The molecule has 3 heteroatoms. The fourth-order valence-corrected chi connectivity index (χ4v) is 6.29. The summed E-state index contributed by atoms with van der Waals surface area (Å²) in [6.45, 7) is 9.93. The number of hydrogen-bond acceptors (Lipinski definition) is 3. The molecule has 7 atom stereocenters. The monoisotopic (exact) mass is 304 g/mol. The van der Waals surface area contributed by atoms with Crippen molar-refractivity contribution in [3.63, 3.8) is 0 Å². The summed E-state index contributed by atoms with van der Waals surface area (Å²) >= 11 is 0. The predicted octanol–water partition coefficient (Wildman–Crippen LogP) is 3.58. The van der Waals surface area contributed by atoms with E-state index in [2.05, 4.69) is 39.8 Å². The maximum absolute atomic E-state index is 12.2. The highest BCUT2D eigenvalue weighted by molar-refractivity contribution is 5.71. The first-order valence-corrected chi connectivity index (χ1v) is 8.84. The minimum Gasteiger partial charge on any atom is -0.462 e. The summed E-state index contributed by atoms with van der Waals surface area (Å²) < 4.78 is 12.0. The zero-order valence-corrected chi connectivity index (χ0v) is 14.2. The van der Waals surface area contributed by atoms with Gasteiger partial charge in [-0.2, -0.15) is 0 Å². The number of allylic oxidation sites excluding steroid dienone is 1. The van der Waals surface area contributed by atoms with Gasteiger partial charge in [-0.05, 0) is 30.1 Å². The van der Waals surface area contributed by atoms with Gasteiger partial charge in [-0.15, -0.1) is 0 Å². The van der Waals surface area contributed by atoms with Crippen molar-refractivity contribution in [1.82, 2.24) is 0 Å². The van der Waals surface area contributed by atoms with Crippen LogP contribution in [0, 0.1) is 34.5 Å². The van der Waals surface area contributed by atoms with Gasteiger partial charge in [-0.25, -0.2) is 0 Å².